The maximum absolute atomic E-state index is 12.7. The van der Waals surface area contributed by atoms with Crippen LogP contribution in [0.15, 0.2) is 30.9 Å². The molecule has 1 N–H and O–H groups in total. The van der Waals surface area contributed by atoms with Crippen LogP contribution in [-0.2, 0) is 10.4 Å². The monoisotopic (exact) mass is 198 g/mol. The molecular formula is C10H8F2O2. The van der Waals surface area contributed by atoms with E-state index in [4.69, 9.17) is 0 Å². The van der Waals surface area contributed by atoms with E-state index in [2.05, 4.69) is 6.58 Å². The van der Waals surface area contributed by atoms with Crippen LogP contribution < -0.4 is 0 Å². The van der Waals surface area contributed by atoms with Crippen molar-refractivity contribution in [1.29, 1.82) is 0 Å². The lowest BCUT2D eigenvalue weighted by atomic mass is 9.95. The second kappa shape index (κ2) is 3.67. The molecule has 0 amide bonds. The fourth-order valence-electron chi connectivity index (χ4n) is 0.979. The minimum absolute atomic E-state index is 0.0543. The van der Waals surface area contributed by atoms with Crippen LogP contribution >= 0.6 is 0 Å². The van der Waals surface area contributed by atoms with Gasteiger partial charge in [-0.05, 0) is 23.8 Å². The van der Waals surface area contributed by atoms with Gasteiger partial charge in [-0.3, -0.25) is 4.79 Å². The number of carbonyl (C=O) groups excluding carboxylic acids is 1. The van der Waals surface area contributed by atoms with Gasteiger partial charge in [0.1, 0.15) is 0 Å². The Morgan fingerprint density at radius 2 is 2.00 bits per heavy atom. The van der Waals surface area contributed by atoms with E-state index in [1.807, 2.05) is 0 Å². The SMILES string of the molecule is C=C[C@@](O)(C=O)c1ccc(F)c(F)c1. The van der Waals surface area contributed by atoms with Crippen LogP contribution in [0.4, 0.5) is 8.78 Å². The van der Waals surface area contributed by atoms with Crippen LogP contribution in [0.2, 0.25) is 0 Å². The summed E-state index contributed by atoms with van der Waals surface area (Å²) >= 11 is 0. The van der Waals surface area contributed by atoms with E-state index in [-0.39, 0.29) is 11.8 Å². The smallest absolute Gasteiger partial charge is 0.163 e. The van der Waals surface area contributed by atoms with E-state index in [1.54, 1.807) is 0 Å². The summed E-state index contributed by atoms with van der Waals surface area (Å²) in [5.41, 5.74) is -2.02. The highest BCUT2D eigenvalue weighted by molar-refractivity contribution is 5.68. The van der Waals surface area contributed by atoms with Crippen molar-refractivity contribution < 1.29 is 18.7 Å². The van der Waals surface area contributed by atoms with Crippen molar-refractivity contribution >= 4 is 6.29 Å². The Hall–Kier alpha value is -1.55. The molecule has 0 unspecified atom stereocenters. The Bertz CT molecular complexity index is 366. The molecular weight excluding hydrogens is 190 g/mol. The van der Waals surface area contributed by atoms with Crippen LogP contribution in [0.3, 0.4) is 0 Å². The zero-order valence-electron chi connectivity index (χ0n) is 7.21. The van der Waals surface area contributed by atoms with E-state index < -0.39 is 17.2 Å². The first kappa shape index (κ1) is 10.5. The van der Waals surface area contributed by atoms with Gasteiger partial charge in [0.25, 0.3) is 0 Å². The fraction of sp³-hybridized carbons (Fsp3) is 0.100. The number of benzene rings is 1. The highest BCUT2D eigenvalue weighted by Gasteiger charge is 2.25. The number of rotatable bonds is 3. The first-order valence-electron chi connectivity index (χ1n) is 3.81. The van der Waals surface area contributed by atoms with E-state index in [1.165, 1.54) is 0 Å². The van der Waals surface area contributed by atoms with E-state index in [0.717, 1.165) is 24.3 Å². The number of hydrogen-bond acceptors (Lipinski definition) is 2. The highest BCUT2D eigenvalue weighted by atomic mass is 19.2. The molecule has 1 rings (SSSR count). The first-order valence-corrected chi connectivity index (χ1v) is 3.81. The Morgan fingerprint density at radius 1 is 1.36 bits per heavy atom. The standard InChI is InChI=1S/C10H8F2O2/c1-2-10(14,6-13)7-3-4-8(11)9(12)5-7/h2-6,14H,1H2/t10-/m1/s1. The van der Waals surface area contributed by atoms with E-state index >= 15 is 0 Å². The Morgan fingerprint density at radius 3 is 2.43 bits per heavy atom. The van der Waals surface area contributed by atoms with Gasteiger partial charge >= 0.3 is 0 Å². The summed E-state index contributed by atoms with van der Waals surface area (Å²) in [4.78, 5) is 10.5. The summed E-state index contributed by atoms with van der Waals surface area (Å²) in [6.07, 6.45) is 1.15. The van der Waals surface area contributed by atoms with Gasteiger partial charge in [0.15, 0.2) is 23.5 Å². The molecule has 0 fully saturated rings. The predicted octanol–water partition coefficient (Wildman–Crippen LogP) is 1.54. The molecule has 4 heteroatoms. The van der Waals surface area contributed by atoms with Gasteiger partial charge in [0.05, 0.1) is 0 Å². The molecule has 0 aromatic heterocycles. The third kappa shape index (κ3) is 1.70. The number of carbonyl (C=O) groups is 1. The molecule has 0 aliphatic rings. The first-order chi connectivity index (χ1) is 6.53. The predicted molar refractivity (Wildman–Crippen MR) is 46.5 cm³/mol. The summed E-state index contributed by atoms with van der Waals surface area (Å²) in [6, 6.07) is 2.71. The largest absolute Gasteiger partial charge is 0.374 e. The normalized spacial score (nSPS) is 14.5. The van der Waals surface area contributed by atoms with Crippen LogP contribution in [-0.4, -0.2) is 11.4 Å². The number of aliphatic hydroxyl groups is 1. The summed E-state index contributed by atoms with van der Waals surface area (Å²) in [6.45, 7) is 3.23. The lowest BCUT2D eigenvalue weighted by molar-refractivity contribution is -0.120. The maximum atomic E-state index is 12.7. The molecule has 74 valence electrons. The molecule has 0 spiro atoms. The van der Waals surface area contributed by atoms with Crippen molar-refractivity contribution in [3.05, 3.63) is 48.1 Å². The number of hydrogen-bond donors (Lipinski definition) is 1. The molecule has 2 nitrogen and oxygen atoms in total. The van der Waals surface area contributed by atoms with Gasteiger partial charge in [0, 0.05) is 0 Å². The number of halogens is 2. The molecule has 1 aromatic rings. The zero-order valence-corrected chi connectivity index (χ0v) is 7.21. The Labute approximate surface area is 79.5 Å². The minimum atomic E-state index is -1.96. The summed E-state index contributed by atoms with van der Waals surface area (Å²) in [5, 5.41) is 9.54. The average molecular weight is 198 g/mol. The van der Waals surface area contributed by atoms with Crippen LogP contribution in [0.25, 0.3) is 0 Å². The average Bonchev–Trinajstić information content (AvgIpc) is 2.21. The Balaban J connectivity index is 3.25. The van der Waals surface area contributed by atoms with Gasteiger partial charge < -0.3 is 5.11 Å². The summed E-state index contributed by atoms with van der Waals surface area (Å²) in [7, 11) is 0. The van der Waals surface area contributed by atoms with Gasteiger partial charge in [0.2, 0.25) is 0 Å². The quantitative estimate of drug-likeness (QED) is 0.590. The second-order valence-electron chi connectivity index (χ2n) is 2.78. The molecule has 0 aliphatic carbocycles. The van der Waals surface area contributed by atoms with Crippen molar-refractivity contribution in [3.63, 3.8) is 0 Å². The summed E-state index contributed by atoms with van der Waals surface area (Å²) < 4.78 is 25.3. The Kier molecular flexibility index (Phi) is 2.76. The second-order valence-corrected chi connectivity index (χ2v) is 2.78. The lowest BCUT2D eigenvalue weighted by Crippen LogP contribution is -2.24. The van der Waals surface area contributed by atoms with Crippen LogP contribution in [0.1, 0.15) is 5.56 Å². The van der Waals surface area contributed by atoms with Crippen molar-refractivity contribution in [2.75, 3.05) is 0 Å². The van der Waals surface area contributed by atoms with Crippen molar-refractivity contribution in [2.24, 2.45) is 0 Å². The molecule has 0 radical (unpaired) electrons. The minimum Gasteiger partial charge on any atom is -0.374 e. The highest BCUT2D eigenvalue weighted by Crippen LogP contribution is 2.21. The maximum Gasteiger partial charge on any atom is 0.163 e. The van der Waals surface area contributed by atoms with Crippen molar-refractivity contribution in [1.82, 2.24) is 0 Å². The third-order valence-electron chi connectivity index (χ3n) is 1.87. The molecule has 0 heterocycles. The molecule has 0 bridgehead atoms. The molecule has 0 aliphatic heterocycles. The van der Waals surface area contributed by atoms with E-state index in [0.29, 0.717) is 0 Å². The molecule has 0 saturated heterocycles. The topological polar surface area (TPSA) is 37.3 Å². The van der Waals surface area contributed by atoms with Gasteiger partial charge in [-0.25, -0.2) is 8.78 Å². The van der Waals surface area contributed by atoms with Crippen molar-refractivity contribution in [2.45, 2.75) is 5.60 Å². The molecule has 1 aromatic carbocycles. The van der Waals surface area contributed by atoms with Crippen LogP contribution in [0, 0.1) is 11.6 Å². The summed E-state index contributed by atoms with van der Waals surface area (Å²) in [5.74, 6) is -2.16. The van der Waals surface area contributed by atoms with Crippen LogP contribution in [0.5, 0.6) is 0 Å². The third-order valence-corrected chi connectivity index (χ3v) is 1.87. The van der Waals surface area contributed by atoms with Gasteiger partial charge in [-0.15, -0.1) is 0 Å². The molecule has 0 saturated carbocycles. The van der Waals surface area contributed by atoms with Crippen molar-refractivity contribution in [3.8, 4) is 0 Å². The van der Waals surface area contributed by atoms with E-state index in [9.17, 15) is 18.7 Å². The number of aldehydes is 1. The molecule has 14 heavy (non-hydrogen) atoms. The van der Waals surface area contributed by atoms with Gasteiger partial charge in [-0.2, -0.15) is 0 Å². The fourth-order valence-corrected chi connectivity index (χ4v) is 0.979. The zero-order chi connectivity index (χ0) is 10.8. The lowest BCUT2D eigenvalue weighted by Gasteiger charge is -2.17. The van der Waals surface area contributed by atoms with Gasteiger partial charge in [-0.1, -0.05) is 12.6 Å². The molecule has 1 atom stereocenters.